The summed E-state index contributed by atoms with van der Waals surface area (Å²) in [6.45, 7) is 6.76. The number of methoxy groups -OCH3 is 2. The van der Waals surface area contributed by atoms with E-state index < -0.39 is 0 Å². The molecule has 1 heterocycles. The number of benzene rings is 3. The van der Waals surface area contributed by atoms with Crippen LogP contribution < -0.4 is 19.7 Å². The number of aryl methyl sites for hydroxylation is 2. The summed E-state index contributed by atoms with van der Waals surface area (Å²) in [5.74, 6) is 1.51. The minimum absolute atomic E-state index is 0.110. The van der Waals surface area contributed by atoms with E-state index in [1.54, 1.807) is 14.2 Å². The molecule has 2 amide bonds. The molecule has 1 fully saturated rings. The van der Waals surface area contributed by atoms with Crippen molar-refractivity contribution in [1.82, 2.24) is 4.90 Å². The SMILES string of the molecule is COc1cc(C)c(C)cc1NC(=O)N1CCN(c2cc(-c3ccccc3)ccc2OC)CC1. The first-order valence-corrected chi connectivity index (χ1v) is 11.2. The maximum atomic E-state index is 13.0. The highest BCUT2D eigenvalue weighted by Gasteiger charge is 2.24. The molecule has 1 saturated heterocycles. The maximum Gasteiger partial charge on any atom is 0.322 e. The van der Waals surface area contributed by atoms with Gasteiger partial charge in [-0.1, -0.05) is 36.4 Å². The van der Waals surface area contributed by atoms with Gasteiger partial charge in [0.1, 0.15) is 11.5 Å². The van der Waals surface area contributed by atoms with E-state index in [2.05, 4.69) is 34.5 Å². The number of anilines is 2. The lowest BCUT2D eigenvalue weighted by Gasteiger charge is -2.36. The average Bonchev–Trinajstić information content (AvgIpc) is 2.86. The third kappa shape index (κ3) is 4.90. The Morgan fingerprint density at radius 2 is 1.45 bits per heavy atom. The summed E-state index contributed by atoms with van der Waals surface area (Å²) in [5.41, 5.74) is 6.31. The van der Waals surface area contributed by atoms with Crippen molar-refractivity contribution in [1.29, 1.82) is 0 Å². The van der Waals surface area contributed by atoms with Crippen molar-refractivity contribution in [2.45, 2.75) is 13.8 Å². The van der Waals surface area contributed by atoms with E-state index >= 15 is 0 Å². The monoisotopic (exact) mass is 445 g/mol. The predicted molar refractivity (Wildman–Crippen MR) is 134 cm³/mol. The number of hydrogen-bond donors (Lipinski definition) is 1. The van der Waals surface area contributed by atoms with Gasteiger partial charge in [0.2, 0.25) is 0 Å². The van der Waals surface area contributed by atoms with Gasteiger partial charge in [-0.2, -0.15) is 0 Å². The first kappa shape index (κ1) is 22.5. The molecule has 0 radical (unpaired) electrons. The Bertz CT molecular complexity index is 1120. The van der Waals surface area contributed by atoms with Crippen molar-refractivity contribution in [2.24, 2.45) is 0 Å². The molecule has 0 bridgehead atoms. The Morgan fingerprint density at radius 1 is 0.788 bits per heavy atom. The number of piperazine rings is 1. The Hall–Kier alpha value is -3.67. The fraction of sp³-hybridized carbons (Fsp3) is 0.296. The van der Waals surface area contributed by atoms with E-state index in [1.807, 2.05) is 55.1 Å². The molecule has 6 heteroatoms. The van der Waals surface area contributed by atoms with Gasteiger partial charge in [0.05, 0.1) is 25.6 Å². The molecule has 6 nitrogen and oxygen atoms in total. The van der Waals surface area contributed by atoms with Gasteiger partial charge in [-0.25, -0.2) is 4.79 Å². The molecule has 3 aromatic carbocycles. The minimum Gasteiger partial charge on any atom is -0.495 e. The van der Waals surface area contributed by atoms with Gasteiger partial charge in [-0.15, -0.1) is 0 Å². The number of rotatable bonds is 5. The number of nitrogens with zero attached hydrogens (tertiary/aromatic N) is 2. The van der Waals surface area contributed by atoms with E-state index in [-0.39, 0.29) is 6.03 Å². The number of carbonyl (C=O) groups is 1. The third-order valence-electron chi connectivity index (χ3n) is 6.25. The summed E-state index contributed by atoms with van der Waals surface area (Å²) in [6, 6.07) is 20.4. The van der Waals surface area contributed by atoms with Crippen LogP contribution in [0.1, 0.15) is 11.1 Å². The van der Waals surface area contributed by atoms with Crippen molar-refractivity contribution in [3.05, 3.63) is 71.8 Å². The molecule has 0 saturated carbocycles. The molecule has 3 aromatic rings. The zero-order valence-corrected chi connectivity index (χ0v) is 19.7. The van der Waals surface area contributed by atoms with E-state index in [0.29, 0.717) is 24.5 Å². The number of amides is 2. The van der Waals surface area contributed by atoms with Crippen LogP contribution >= 0.6 is 0 Å². The Morgan fingerprint density at radius 3 is 2.12 bits per heavy atom. The molecule has 0 aliphatic carbocycles. The molecule has 172 valence electrons. The van der Waals surface area contributed by atoms with Crippen LogP contribution in [0.25, 0.3) is 11.1 Å². The summed E-state index contributed by atoms with van der Waals surface area (Å²) in [4.78, 5) is 17.1. The first-order chi connectivity index (χ1) is 16.0. The number of ether oxygens (including phenoxy) is 2. The quantitative estimate of drug-likeness (QED) is 0.576. The van der Waals surface area contributed by atoms with Crippen LogP contribution in [-0.4, -0.2) is 51.3 Å². The number of urea groups is 1. The molecule has 1 aliphatic rings. The highest BCUT2D eigenvalue weighted by Crippen LogP contribution is 2.34. The van der Waals surface area contributed by atoms with E-state index in [1.165, 1.54) is 5.56 Å². The highest BCUT2D eigenvalue weighted by molar-refractivity contribution is 5.91. The molecule has 0 unspecified atom stereocenters. The first-order valence-electron chi connectivity index (χ1n) is 11.2. The van der Waals surface area contributed by atoms with Gasteiger partial charge in [0.25, 0.3) is 0 Å². The van der Waals surface area contributed by atoms with E-state index in [0.717, 1.165) is 41.2 Å². The van der Waals surface area contributed by atoms with Crippen LogP contribution in [0.15, 0.2) is 60.7 Å². The van der Waals surface area contributed by atoms with Crippen molar-refractivity contribution in [3.63, 3.8) is 0 Å². The van der Waals surface area contributed by atoms with Gasteiger partial charge < -0.3 is 24.6 Å². The second-order valence-corrected chi connectivity index (χ2v) is 8.29. The number of nitrogens with one attached hydrogen (secondary N) is 1. The van der Waals surface area contributed by atoms with Gasteiger partial charge in [0, 0.05) is 26.2 Å². The third-order valence-corrected chi connectivity index (χ3v) is 6.25. The Kier molecular flexibility index (Phi) is 6.73. The lowest BCUT2D eigenvalue weighted by molar-refractivity contribution is 0.208. The molecule has 4 rings (SSSR count). The van der Waals surface area contributed by atoms with Crippen LogP contribution in [0.4, 0.5) is 16.2 Å². The Labute approximate surface area is 195 Å². The summed E-state index contributed by atoms with van der Waals surface area (Å²) in [7, 11) is 3.32. The molecular formula is C27H31N3O3. The second kappa shape index (κ2) is 9.86. The van der Waals surface area contributed by atoms with E-state index in [4.69, 9.17) is 9.47 Å². The van der Waals surface area contributed by atoms with Crippen molar-refractivity contribution in [3.8, 4) is 22.6 Å². The van der Waals surface area contributed by atoms with Gasteiger partial charge in [0.15, 0.2) is 0 Å². The van der Waals surface area contributed by atoms with Crippen LogP contribution in [0.5, 0.6) is 11.5 Å². The predicted octanol–water partition coefficient (Wildman–Crippen LogP) is 5.34. The second-order valence-electron chi connectivity index (χ2n) is 8.29. The molecular weight excluding hydrogens is 414 g/mol. The summed E-state index contributed by atoms with van der Waals surface area (Å²) in [5, 5.41) is 3.03. The van der Waals surface area contributed by atoms with Crippen LogP contribution in [0, 0.1) is 13.8 Å². The summed E-state index contributed by atoms with van der Waals surface area (Å²) in [6.07, 6.45) is 0. The highest BCUT2D eigenvalue weighted by atomic mass is 16.5. The van der Waals surface area contributed by atoms with Crippen molar-refractivity contribution < 1.29 is 14.3 Å². The smallest absolute Gasteiger partial charge is 0.322 e. The number of carbonyl (C=O) groups excluding carboxylic acids is 1. The largest absolute Gasteiger partial charge is 0.495 e. The van der Waals surface area contributed by atoms with Crippen molar-refractivity contribution in [2.75, 3.05) is 50.6 Å². The van der Waals surface area contributed by atoms with Gasteiger partial charge in [-0.3, -0.25) is 0 Å². The molecule has 33 heavy (non-hydrogen) atoms. The molecule has 0 spiro atoms. The fourth-order valence-corrected chi connectivity index (χ4v) is 4.15. The van der Waals surface area contributed by atoms with Crippen LogP contribution in [0.2, 0.25) is 0 Å². The lowest BCUT2D eigenvalue weighted by atomic mass is 10.0. The lowest BCUT2D eigenvalue weighted by Crippen LogP contribution is -2.50. The maximum absolute atomic E-state index is 13.0. The molecule has 0 aromatic heterocycles. The standard InChI is InChI=1S/C27H31N3O3/c1-19-16-23(26(33-4)17-20(19)2)28-27(31)30-14-12-29(13-15-30)24-18-22(10-11-25(24)32-3)21-8-6-5-7-9-21/h5-11,16-18H,12-15H2,1-4H3,(H,28,31). The van der Waals surface area contributed by atoms with Gasteiger partial charge >= 0.3 is 6.03 Å². The normalized spacial score (nSPS) is 13.6. The van der Waals surface area contributed by atoms with Gasteiger partial charge in [-0.05, 0) is 60.4 Å². The van der Waals surface area contributed by atoms with Crippen LogP contribution in [0.3, 0.4) is 0 Å². The number of hydrogen-bond acceptors (Lipinski definition) is 4. The summed E-state index contributed by atoms with van der Waals surface area (Å²) < 4.78 is 11.1. The minimum atomic E-state index is -0.110. The van der Waals surface area contributed by atoms with Crippen LogP contribution in [-0.2, 0) is 0 Å². The molecule has 0 atom stereocenters. The molecule has 1 N–H and O–H groups in total. The summed E-state index contributed by atoms with van der Waals surface area (Å²) >= 11 is 0. The zero-order valence-electron chi connectivity index (χ0n) is 19.7. The Balaban J connectivity index is 1.46. The topological polar surface area (TPSA) is 54.0 Å². The van der Waals surface area contributed by atoms with E-state index in [9.17, 15) is 4.79 Å². The fourth-order valence-electron chi connectivity index (χ4n) is 4.15. The van der Waals surface area contributed by atoms with Crippen molar-refractivity contribution >= 4 is 17.4 Å². The molecule has 1 aliphatic heterocycles. The zero-order chi connectivity index (χ0) is 23.4. The average molecular weight is 446 g/mol.